The Labute approximate surface area is 534 Å². The summed E-state index contributed by atoms with van der Waals surface area (Å²) in [6.07, 6.45) is 27.7. The van der Waals surface area contributed by atoms with Crippen molar-refractivity contribution in [3.8, 4) is 0 Å². The van der Waals surface area contributed by atoms with Gasteiger partial charge in [0.2, 0.25) is 0 Å². The summed E-state index contributed by atoms with van der Waals surface area (Å²) < 4.78 is 24.8. The molecule has 17 N–H and O–H groups in total. The van der Waals surface area contributed by atoms with Crippen molar-refractivity contribution in [1.29, 1.82) is 0 Å². The van der Waals surface area contributed by atoms with Crippen LogP contribution < -0.4 is 85.1 Å². The fourth-order valence-corrected chi connectivity index (χ4v) is 11.8. The van der Waals surface area contributed by atoms with E-state index in [1.807, 2.05) is 0 Å². The van der Waals surface area contributed by atoms with Crippen molar-refractivity contribution < 1.29 is 13.9 Å². The van der Waals surface area contributed by atoms with Gasteiger partial charge in [-0.3, -0.25) is 0 Å². The molecule has 2 spiro atoms. The van der Waals surface area contributed by atoms with E-state index in [9.17, 15) is 8.78 Å². The predicted molar refractivity (Wildman–Crippen MR) is 371 cm³/mol. The molecule has 10 saturated heterocycles. The molecule has 12 aliphatic rings. The maximum atomic E-state index is 12.4. The molecule has 10 aliphatic heterocycles. The Kier molecular flexibility index (Phi) is 49.1. The van der Waals surface area contributed by atoms with Gasteiger partial charge in [-0.2, -0.15) is 0 Å². The number of rotatable bonds is 2. The molecule has 4 atom stereocenters. The minimum Gasteiger partial charge on any atom is -0.396 e. The van der Waals surface area contributed by atoms with Gasteiger partial charge in [-0.1, -0.05) is 61.0 Å². The first kappa shape index (κ1) is 81.9. The summed E-state index contributed by atoms with van der Waals surface area (Å²) in [4.78, 5) is 0. The average molecular weight is 1240 g/mol. The van der Waals surface area contributed by atoms with E-state index in [1.54, 1.807) is 0 Å². The molecule has 0 bridgehead atoms. The topological polar surface area (TPSA) is 213 Å². The average Bonchev–Trinajstić information content (AvgIpc) is 2.46. The van der Waals surface area contributed by atoms with Crippen molar-refractivity contribution in [2.24, 2.45) is 22.7 Å². The minimum atomic E-state index is -2.45. The first-order valence-corrected chi connectivity index (χ1v) is 35.8. The van der Waals surface area contributed by atoms with Crippen LogP contribution in [0.3, 0.4) is 0 Å². The zero-order valence-corrected chi connectivity index (χ0v) is 56.7. The van der Waals surface area contributed by atoms with Crippen molar-refractivity contribution in [3.63, 3.8) is 0 Å². The van der Waals surface area contributed by atoms with Crippen LogP contribution in [0.25, 0.3) is 0 Å². The summed E-state index contributed by atoms with van der Waals surface area (Å²) in [6.45, 7) is 46.9. The molecular formula is C68H146F2N16O. The molecule has 12 fully saturated rings. The van der Waals surface area contributed by atoms with Gasteiger partial charge in [0.05, 0.1) is 6.54 Å². The van der Waals surface area contributed by atoms with Gasteiger partial charge in [-0.05, 0) is 205 Å². The number of nitrogens with one attached hydrogen (secondary N) is 16. The van der Waals surface area contributed by atoms with E-state index >= 15 is 0 Å². The molecule has 87 heavy (non-hydrogen) atoms. The lowest BCUT2D eigenvalue weighted by atomic mass is 9.88. The van der Waals surface area contributed by atoms with Crippen LogP contribution >= 0.6 is 0 Å². The largest absolute Gasteiger partial charge is 0.396 e. The summed E-state index contributed by atoms with van der Waals surface area (Å²) in [5.74, 6) is -1.12. The minimum absolute atomic E-state index is 0. The highest BCUT2D eigenvalue weighted by molar-refractivity contribution is 5.03. The fraction of sp³-hybridized carbons (Fsp3) is 0.971. The number of hydrogen-bond acceptors (Lipinski definition) is 17. The molecule has 2 aliphatic carbocycles. The molecule has 518 valence electrons. The second-order valence-corrected chi connectivity index (χ2v) is 27.8. The van der Waals surface area contributed by atoms with Crippen LogP contribution in [0.4, 0.5) is 8.78 Å². The number of aliphatic hydroxyl groups excluding tert-OH is 1. The highest BCUT2D eigenvalue weighted by atomic mass is 19.3. The van der Waals surface area contributed by atoms with Crippen LogP contribution in [0.2, 0.25) is 0 Å². The third-order valence-electron chi connectivity index (χ3n) is 18.5. The number of halogens is 2. The molecule has 0 amide bonds. The molecule has 0 aromatic heterocycles. The van der Waals surface area contributed by atoms with Crippen molar-refractivity contribution in [2.75, 3.05) is 183 Å². The molecule has 0 aromatic rings. The molecule has 0 radical (unpaired) electrons. The normalized spacial score (nSPS) is 28.6. The van der Waals surface area contributed by atoms with Crippen LogP contribution in [0, 0.1) is 22.7 Å². The number of hydrogen-bond donors (Lipinski definition) is 17. The van der Waals surface area contributed by atoms with E-state index in [2.05, 4.69) is 133 Å². The Balaban J connectivity index is 0.000000329. The fourth-order valence-electron chi connectivity index (χ4n) is 11.8. The second-order valence-electron chi connectivity index (χ2n) is 27.8. The third kappa shape index (κ3) is 47.3. The SMILES string of the molecule is C.C1CCC2(CC2)CNC1.C1CNC2(CCN1)CC2.C=C1CCNCCN1.CC1(C)CCCCNC1.CC1CCCCNC1.CC1CCNCCN1.CC1CCNCCN1.CCC1CCNCCN1.FC1(F)CCCCNC1.OCC1CNCCNC1. The second kappa shape index (κ2) is 52.2. The zero-order valence-electron chi connectivity index (χ0n) is 56.7. The van der Waals surface area contributed by atoms with Gasteiger partial charge < -0.3 is 90.2 Å². The number of aliphatic hydroxyl groups is 1. The molecule has 12 rings (SSSR count). The Morgan fingerprint density at radius 1 is 0.448 bits per heavy atom. The molecule has 2 saturated carbocycles. The lowest BCUT2D eigenvalue weighted by molar-refractivity contribution is -0.00170. The van der Waals surface area contributed by atoms with Gasteiger partial charge in [-0.25, -0.2) is 8.78 Å². The van der Waals surface area contributed by atoms with E-state index < -0.39 is 5.92 Å². The predicted octanol–water partition coefficient (Wildman–Crippen LogP) is 5.99. The van der Waals surface area contributed by atoms with Crippen LogP contribution in [0.1, 0.15) is 190 Å². The first-order chi connectivity index (χ1) is 41.7. The van der Waals surface area contributed by atoms with E-state index in [0.717, 1.165) is 134 Å². The summed E-state index contributed by atoms with van der Waals surface area (Å²) in [5, 5.41) is 61.8. The Morgan fingerprint density at radius 3 is 1.57 bits per heavy atom. The highest BCUT2D eigenvalue weighted by Crippen LogP contribution is 2.49. The van der Waals surface area contributed by atoms with Gasteiger partial charge >= 0.3 is 0 Å². The van der Waals surface area contributed by atoms with E-state index in [4.69, 9.17) is 5.11 Å². The van der Waals surface area contributed by atoms with E-state index in [1.165, 1.54) is 188 Å². The maximum absolute atomic E-state index is 12.4. The number of alkyl halides is 2. The highest BCUT2D eigenvalue weighted by Gasteiger charge is 2.42. The van der Waals surface area contributed by atoms with E-state index in [0.29, 0.717) is 42.0 Å². The Hall–Kier alpha value is -1.24. The van der Waals surface area contributed by atoms with Gasteiger partial charge in [0.15, 0.2) is 0 Å². The maximum Gasteiger partial charge on any atom is 0.260 e. The summed E-state index contributed by atoms with van der Waals surface area (Å²) in [6, 6.07) is 2.19. The molecule has 10 heterocycles. The van der Waals surface area contributed by atoms with E-state index in [-0.39, 0.29) is 20.4 Å². The van der Waals surface area contributed by atoms with Crippen LogP contribution in [-0.4, -0.2) is 218 Å². The third-order valence-corrected chi connectivity index (χ3v) is 18.5. The quantitative estimate of drug-likeness (QED) is 0.153. The van der Waals surface area contributed by atoms with Crippen molar-refractivity contribution in [2.45, 2.75) is 220 Å². The standard InChI is InChI=1S/C8H15N.C8H17N.C7H14N2.C7H16N2.C7H15N.C6H11F2N.C6H14N2O.2C6H14N2.C6H12N2.CH4/c1-2-6-9-7-8(3-1)4-5-8;1-8(2)5-3-4-6-9-7-8;1-2-7(1)3-4-8-5-6-9-7;1-2-7-3-4-8-5-6-9-7;1-7-4-2-3-5-8-6-7;7-6(8)3-1-2-4-9-5-6;9-5-6-3-7-1-2-8-4-6;3*1-6-2-3-7-4-5-8-6;/h9H,1-7H2;9H,3-7H2,1-2H3;8-9H,1-6H2;7-9H,2-6H2,1H3;7-8H,2-6H2,1H3;9H,1-5H2;6-9H,1-5H2;2*6-8H,2-5H2,1H3;7-8H,1-5H2;1H4. The Morgan fingerprint density at radius 2 is 0.954 bits per heavy atom. The summed E-state index contributed by atoms with van der Waals surface area (Å²) in [7, 11) is 0. The van der Waals surface area contributed by atoms with Crippen molar-refractivity contribution in [3.05, 3.63) is 12.3 Å². The van der Waals surface area contributed by atoms with Crippen LogP contribution in [0.15, 0.2) is 12.3 Å². The van der Waals surface area contributed by atoms with Gasteiger partial charge in [0.1, 0.15) is 0 Å². The molecule has 17 nitrogen and oxygen atoms in total. The summed E-state index contributed by atoms with van der Waals surface area (Å²) >= 11 is 0. The van der Waals surface area contributed by atoms with Gasteiger partial charge in [0.25, 0.3) is 5.92 Å². The lowest BCUT2D eigenvalue weighted by Crippen LogP contribution is -2.31. The van der Waals surface area contributed by atoms with Crippen LogP contribution in [-0.2, 0) is 0 Å². The smallest absolute Gasteiger partial charge is 0.260 e. The van der Waals surface area contributed by atoms with Gasteiger partial charge in [0, 0.05) is 160 Å². The monoisotopic (exact) mass is 1240 g/mol. The lowest BCUT2D eigenvalue weighted by Gasteiger charge is -2.21. The summed E-state index contributed by atoms with van der Waals surface area (Å²) in [5.41, 5.74) is 3.12. The molecule has 0 aromatic carbocycles. The molecular weight excluding hydrogens is 1090 g/mol. The Bertz CT molecular complexity index is 1330. The molecule has 19 heteroatoms. The van der Waals surface area contributed by atoms with Crippen molar-refractivity contribution in [1.82, 2.24) is 85.1 Å². The van der Waals surface area contributed by atoms with Crippen molar-refractivity contribution >= 4 is 0 Å². The van der Waals surface area contributed by atoms with Gasteiger partial charge in [-0.15, -0.1) is 0 Å². The van der Waals surface area contributed by atoms with Crippen LogP contribution in [0.5, 0.6) is 0 Å². The first-order valence-electron chi connectivity index (χ1n) is 35.8. The zero-order chi connectivity index (χ0) is 62.1. The molecule has 4 unspecified atom stereocenters.